The number of nitrogens with one attached hydrogen (secondary N) is 2. The standard InChI is InChI=1S/C15H12N2O2/c18-11-7-3-1-5-9(11)14-16-13-10-6-2-4-8-12(10)19-15(13)17-14/h1-8,14,16-18H. The molecule has 19 heavy (non-hydrogen) atoms. The van der Waals surface area contributed by atoms with E-state index in [9.17, 15) is 5.11 Å². The predicted octanol–water partition coefficient (Wildman–Crippen LogP) is 3.67. The maximum absolute atomic E-state index is 9.89. The number of hydrogen-bond donors (Lipinski definition) is 3. The highest BCUT2D eigenvalue weighted by molar-refractivity contribution is 5.99. The largest absolute Gasteiger partial charge is 0.508 e. The van der Waals surface area contributed by atoms with E-state index in [0.29, 0.717) is 0 Å². The molecule has 2 heterocycles. The van der Waals surface area contributed by atoms with Crippen LogP contribution in [0.15, 0.2) is 52.9 Å². The van der Waals surface area contributed by atoms with Crippen LogP contribution in [0.1, 0.15) is 11.7 Å². The zero-order valence-electron chi connectivity index (χ0n) is 10.1. The lowest BCUT2D eigenvalue weighted by Crippen LogP contribution is -2.12. The lowest BCUT2D eigenvalue weighted by molar-refractivity contribution is 0.466. The topological polar surface area (TPSA) is 57.4 Å². The lowest BCUT2D eigenvalue weighted by atomic mass is 10.1. The van der Waals surface area contributed by atoms with E-state index in [2.05, 4.69) is 10.6 Å². The molecule has 1 aromatic heterocycles. The molecule has 0 bridgehead atoms. The van der Waals surface area contributed by atoms with Crippen LogP contribution in [0, 0.1) is 0 Å². The van der Waals surface area contributed by atoms with E-state index in [1.165, 1.54) is 0 Å². The highest BCUT2D eigenvalue weighted by Gasteiger charge is 2.28. The fourth-order valence-electron chi connectivity index (χ4n) is 2.49. The van der Waals surface area contributed by atoms with Crippen LogP contribution in [0.3, 0.4) is 0 Å². The first-order valence-electron chi connectivity index (χ1n) is 6.15. The molecule has 0 saturated heterocycles. The molecule has 3 N–H and O–H groups in total. The number of phenols is 1. The summed E-state index contributed by atoms with van der Waals surface area (Å²) >= 11 is 0. The number of aromatic hydroxyl groups is 1. The van der Waals surface area contributed by atoms with E-state index in [1.54, 1.807) is 12.1 Å². The maximum atomic E-state index is 9.89. The second-order valence-corrected chi connectivity index (χ2v) is 4.58. The van der Waals surface area contributed by atoms with E-state index in [1.807, 2.05) is 36.4 Å². The summed E-state index contributed by atoms with van der Waals surface area (Å²) in [6, 6.07) is 15.1. The molecule has 2 aromatic carbocycles. The number of fused-ring (bicyclic) bond motifs is 3. The summed E-state index contributed by atoms with van der Waals surface area (Å²) in [6.07, 6.45) is -0.167. The number of furan rings is 1. The molecular weight excluding hydrogens is 240 g/mol. The third-order valence-electron chi connectivity index (χ3n) is 3.41. The van der Waals surface area contributed by atoms with Crippen molar-refractivity contribution in [1.82, 2.24) is 0 Å². The van der Waals surface area contributed by atoms with Crippen LogP contribution < -0.4 is 10.6 Å². The Morgan fingerprint density at radius 1 is 0.947 bits per heavy atom. The highest BCUT2D eigenvalue weighted by Crippen LogP contribution is 2.44. The Hall–Kier alpha value is -2.62. The SMILES string of the molecule is Oc1ccccc1C1Nc2oc3ccccc3c2N1. The van der Waals surface area contributed by atoms with Gasteiger partial charge < -0.3 is 20.2 Å². The molecule has 4 nitrogen and oxygen atoms in total. The number of rotatable bonds is 1. The molecule has 0 fully saturated rings. The van der Waals surface area contributed by atoms with Crippen LogP contribution in [0.4, 0.5) is 11.6 Å². The van der Waals surface area contributed by atoms with Crippen molar-refractivity contribution in [2.45, 2.75) is 6.17 Å². The quantitative estimate of drug-likeness (QED) is 0.618. The Labute approximate surface area is 109 Å². The Kier molecular flexibility index (Phi) is 2.00. The van der Waals surface area contributed by atoms with Crippen molar-refractivity contribution in [3.05, 3.63) is 54.1 Å². The predicted molar refractivity (Wildman–Crippen MR) is 74.3 cm³/mol. The first-order chi connectivity index (χ1) is 9.33. The van der Waals surface area contributed by atoms with Crippen molar-refractivity contribution in [3.63, 3.8) is 0 Å². The smallest absolute Gasteiger partial charge is 0.219 e. The van der Waals surface area contributed by atoms with Gasteiger partial charge in [-0.1, -0.05) is 30.3 Å². The van der Waals surface area contributed by atoms with Crippen LogP contribution in [0.25, 0.3) is 11.0 Å². The van der Waals surface area contributed by atoms with E-state index in [0.717, 1.165) is 28.1 Å². The fourth-order valence-corrected chi connectivity index (χ4v) is 2.49. The molecule has 1 aliphatic heterocycles. The zero-order valence-corrected chi connectivity index (χ0v) is 10.1. The van der Waals surface area contributed by atoms with E-state index >= 15 is 0 Å². The second-order valence-electron chi connectivity index (χ2n) is 4.58. The highest BCUT2D eigenvalue weighted by atomic mass is 16.4. The Morgan fingerprint density at radius 3 is 2.63 bits per heavy atom. The van der Waals surface area contributed by atoms with Crippen molar-refractivity contribution in [2.24, 2.45) is 0 Å². The van der Waals surface area contributed by atoms with Gasteiger partial charge in [-0.15, -0.1) is 0 Å². The summed E-state index contributed by atoms with van der Waals surface area (Å²) in [5.74, 6) is 0.983. The molecule has 1 unspecified atom stereocenters. The summed E-state index contributed by atoms with van der Waals surface area (Å²) in [5.41, 5.74) is 2.60. The van der Waals surface area contributed by atoms with Crippen molar-refractivity contribution >= 4 is 22.5 Å². The van der Waals surface area contributed by atoms with Gasteiger partial charge in [0.15, 0.2) is 0 Å². The third kappa shape index (κ3) is 1.46. The minimum absolute atomic E-state index is 0.167. The van der Waals surface area contributed by atoms with Gasteiger partial charge in [0.05, 0.1) is 0 Å². The molecule has 3 aromatic rings. The van der Waals surface area contributed by atoms with Crippen molar-refractivity contribution in [1.29, 1.82) is 0 Å². The number of hydrogen-bond acceptors (Lipinski definition) is 4. The first kappa shape index (κ1) is 10.3. The van der Waals surface area contributed by atoms with Gasteiger partial charge in [-0.05, 0) is 18.2 Å². The number of anilines is 2. The number of para-hydroxylation sites is 2. The molecule has 0 spiro atoms. The molecule has 1 atom stereocenters. The first-order valence-corrected chi connectivity index (χ1v) is 6.15. The lowest BCUT2D eigenvalue weighted by Gasteiger charge is -2.14. The van der Waals surface area contributed by atoms with Gasteiger partial charge in [0.25, 0.3) is 0 Å². The second kappa shape index (κ2) is 3.68. The minimum atomic E-state index is -0.167. The monoisotopic (exact) mass is 252 g/mol. The summed E-state index contributed by atoms with van der Waals surface area (Å²) < 4.78 is 5.75. The van der Waals surface area contributed by atoms with Crippen LogP contribution in [0.2, 0.25) is 0 Å². The van der Waals surface area contributed by atoms with E-state index in [-0.39, 0.29) is 11.9 Å². The molecular formula is C15H12N2O2. The van der Waals surface area contributed by atoms with Crippen LogP contribution in [0.5, 0.6) is 5.75 Å². The average molecular weight is 252 g/mol. The summed E-state index contributed by atoms with van der Waals surface area (Å²) in [4.78, 5) is 0. The zero-order chi connectivity index (χ0) is 12.8. The Bertz CT molecular complexity index is 764. The molecule has 0 aliphatic carbocycles. The fraction of sp³-hybridized carbons (Fsp3) is 0.0667. The molecule has 0 amide bonds. The van der Waals surface area contributed by atoms with Gasteiger partial charge in [0.2, 0.25) is 5.88 Å². The van der Waals surface area contributed by atoms with Crippen LogP contribution in [-0.2, 0) is 0 Å². The molecule has 4 heteroatoms. The van der Waals surface area contributed by atoms with Gasteiger partial charge in [-0.3, -0.25) is 0 Å². The van der Waals surface area contributed by atoms with Crippen molar-refractivity contribution < 1.29 is 9.52 Å². The van der Waals surface area contributed by atoms with Gasteiger partial charge in [0.1, 0.15) is 23.2 Å². The van der Waals surface area contributed by atoms with Crippen LogP contribution >= 0.6 is 0 Å². The Balaban J connectivity index is 1.77. The summed E-state index contributed by atoms with van der Waals surface area (Å²) in [5, 5.41) is 17.5. The minimum Gasteiger partial charge on any atom is -0.508 e. The average Bonchev–Trinajstić information content (AvgIpc) is 2.96. The molecule has 1 aliphatic rings. The molecule has 94 valence electrons. The normalized spacial score (nSPS) is 16.9. The Morgan fingerprint density at radius 2 is 1.74 bits per heavy atom. The van der Waals surface area contributed by atoms with Crippen molar-refractivity contribution in [2.75, 3.05) is 10.6 Å². The molecule has 0 radical (unpaired) electrons. The van der Waals surface area contributed by atoms with Crippen LogP contribution in [-0.4, -0.2) is 5.11 Å². The summed E-state index contributed by atoms with van der Waals surface area (Å²) in [6.45, 7) is 0. The van der Waals surface area contributed by atoms with Gasteiger partial charge >= 0.3 is 0 Å². The third-order valence-corrected chi connectivity index (χ3v) is 3.41. The van der Waals surface area contributed by atoms with Crippen molar-refractivity contribution in [3.8, 4) is 5.75 Å². The van der Waals surface area contributed by atoms with Gasteiger partial charge in [-0.2, -0.15) is 0 Å². The van der Waals surface area contributed by atoms with E-state index < -0.39 is 0 Å². The van der Waals surface area contributed by atoms with Gasteiger partial charge in [0, 0.05) is 10.9 Å². The molecule has 4 rings (SSSR count). The number of phenolic OH excluding ortho intramolecular Hbond substituents is 1. The number of benzene rings is 2. The molecule has 0 saturated carbocycles. The van der Waals surface area contributed by atoms with Gasteiger partial charge in [-0.25, -0.2) is 0 Å². The maximum Gasteiger partial charge on any atom is 0.219 e. The van der Waals surface area contributed by atoms with E-state index in [4.69, 9.17) is 4.42 Å². The summed E-state index contributed by atoms with van der Waals surface area (Å²) in [7, 11) is 0.